The number of nitrogens with zero attached hydrogens (tertiary/aromatic N) is 2. The molecule has 3 aromatic carbocycles. The van der Waals surface area contributed by atoms with E-state index in [1.807, 2.05) is 12.1 Å². The van der Waals surface area contributed by atoms with Gasteiger partial charge in [0.1, 0.15) is 6.61 Å². The van der Waals surface area contributed by atoms with Gasteiger partial charge >= 0.3 is 6.09 Å². The summed E-state index contributed by atoms with van der Waals surface area (Å²) in [5, 5.41) is 16.7. The van der Waals surface area contributed by atoms with Gasteiger partial charge in [0.25, 0.3) is 0 Å². The second-order valence-electron chi connectivity index (χ2n) is 11.2. The Bertz CT molecular complexity index is 1250. The molecule has 0 aromatic heterocycles. The SMILES string of the molecule is O=C(OCCOCCON(O)O)N1CC[C@H](c2cccc(-c3ccccc3)c2)C(OCC2(Cc3ccccc3)CC2)C1. The number of hydrogen-bond acceptors (Lipinski definition) is 8. The van der Waals surface area contributed by atoms with Crippen LogP contribution < -0.4 is 0 Å². The van der Waals surface area contributed by atoms with Gasteiger partial charge in [-0.1, -0.05) is 84.9 Å². The Hall–Kier alpha value is -3.31. The highest BCUT2D eigenvalue weighted by Crippen LogP contribution is 2.49. The van der Waals surface area contributed by atoms with Crippen LogP contribution in [0, 0.1) is 5.41 Å². The zero-order valence-corrected chi connectivity index (χ0v) is 23.8. The fourth-order valence-corrected chi connectivity index (χ4v) is 5.63. The number of carbonyl (C=O) groups excluding carboxylic acids is 1. The van der Waals surface area contributed by atoms with Crippen LogP contribution in [-0.4, -0.2) is 79.0 Å². The molecular formula is C33H40N2O7. The molecule has 2 atom stereocenters. The Morgan fingerprint density at radius 2 is 1.60 bits per heavy atom. The van der Waals surface area contributed by atoms with Crippen molar-refractivity contribution in [2.75, 3.05) is 46.1 Å². The normalized spacial score (nSPS) is 19.5. The van der Waals surface area contributed by atoms with Crippen molar-refractivity contribution in [2.45, 2.75) is 37.7 Å². The summed E-state index contributed by atoms with van der Waals surface area (Å²) in [7, 11) is 0. The van der Waals surface area contributed by atoms with Crippen molar-refractivity contribution in [3.05, 3.63) is 96.1 Å². The fourth-order valence-electron chi connectivity index (χ4n) is 5.63. The van der Waals surface area contributed by atoms with Crippen LogP contribution >= 0.6 is 0 Å². The van der Waals surface area contributed by atoms with Crippen LogP contribution in [0.15, 0.2) is 84.9 Å². The van der Waals surface area contributed by atoms with Crippen molar-refractivity contribution in [1.82, 2.24) is 10.3 Å². The zero-order chi connectivity index (χ0) is 29.2. The van der Waals surface area contributed by atoms with Gasteiger partial charge in [-0.05, 0) is 53.4 Å². The molecule has 0 spiro atoms. The first-order valence-electron chi connectivity index (χ1n) is 14.6. The summed E-state index contributed by atoms with van der Waals surface area (Å²) < 4.78 is 17.5. The van der Waals surface area contributed by atoms with Crippen molar-refractivity contribution in [2.24, 2.45) is 5.41 Å². The second kappa shape index (κ2) is 14.7. The number of benzene rings is 3. The van der Waals surface area contributed by atoms with Gasteiger partial charge in [0.15, 0.2) is 0 Å². The van der Waals surface area contributed by atoms with Crippen molar-refractivity contribution in [1.29, 1.82) is 0 Å². The molecular weight excluding hydrogens is 536 g/mol. The topological polar surface area (TPSA) is 101 Å². The number of hydrogen-bond donors (Lipinski definition) is 2. The van der Waals surface area contributed by atoms with Crippen LogP contribution in [0.4, 0.5) is 4.79 Å². The summed E-state index contributed by atoms with van der Waals surface area (Å²) in [6.07, 6.45) is 3.53. The maximum absolute atomic E-state index is 13.0. The molecule has 5 rings (SSSR count). The van der Waals surface area contributed by atoms with Crippen LogP contribution in [0.25, 0.3) is 11.1 Å². The van der Waals surface area contributed by atoms with E-state index in [2.05, 4.69) is 77.6 Å². The van der Waals surface area contributed by atoms with E-state index in [9.17, 15) is 4.79 Å². The third-order valence-corrected chi connectivity index (χ3v) is 8.11. The van der Waals surface area contributed by atoms with Crippen LogP contribution in [-0.2, 0) is 25.5 Å². The lowest BCUT2D eigenvalue weighted by Crippen LogP contribution is -2.47. The predicted octanol–water partition coefficient (Wildman–Crippen LogP) is 5.72. The maximum Gasteiger partial charge on any atom is 0.409 e. The molecule has 224 valence electrons. The van der Waals surface area contributed by atoms with Gasteiger partial charge < -0.3 is 19.1 Å². The van der Waals surface area contributed by atoms with Crippen molar-refractivity contribution in [3.63, 3.8) is 0 Å². The summed E-state index contributed by atoms with van der Waals surface area (Å²) in [6.45, 7) is 2.05. The largest absolute Gasteiger partial charge is 0.447 e. The van der Waals surface area contributed by atoms with Gasteiger partial charge in [-0.3, -0.25) is 10.4 Å². The monoisotopic (exact) mass is 576 g/mol. The van der Waals surface area contributed by atoms with Gasteiger partial charge in [0.05, 0.1) is 44.5 Å². The number of carbonyl (C=O) groups is 1. The molecule has 2 aliphatic rings. The van der Waals surface area contributed by atoms with Crippen molar-refractivity contribution < 1.29 is 34.3 Å². The minimum atomic E-state index is -0.387. The Morgan fingerprint density at radius 1 is 0.881 bits per heavy atom. The van der Waals surface area contributed by atoms with E-state index in [1.165, 1.54) is 22.3 Å². The lowest BCUT2D eigenvalue weighted by atomic mass is 9.85. The fraction of sp³-hybridized carbons (Fsp3) is 0.424. The molecule has 1 aliphatic carbocycles. The second-order valence-corrected chi connectivity index (χ2v) is 11.2. The molecule has 42 heavy (non-hydrogen) atoms. The van der Waals surface area contributed by atoms with Crippen LogP contribution in [0.2, 0.25) is 0 Å². The average molecular weight is 577 g/mol. The third-order valence-electron chi connectivity index (χ3n) is 8.11. The summed E-state index contributed by atoms with van der Waals surface area (Å²) in [6, 6.07) is 29.6. The lowest BCUT2D eigenvalue weighted by Gasteiger charge is -2.39. The molecule has 9 heteroatoms. The minimum Gasteiger partial charge on any atom is -0.447 e. The van der Waals surface area contributed by atoms with E-state index < -0.39 is 0 Å². The highest BCUT2D eigenvalue weighted by Gasteiger charge is 2.44. The van der Waals surface area contributed by atoms with Crippen molar-refractivity contribution >= 4 is 6.09 Å². The Labute approximate surface area is 247 Å². The molecule has 2 N–H and O–H groups in total. The molecule has 1 amide bonds. The molecule has 3 aromatic rings. The van der Waals surface area contributed by atoms with Crippen LogP contribution in [0.3, 0.4) is 0 Å². The van der Waals surface area contributed by atoms with Gasteiger partial charge in [-0.25, -0.2) is 9.63 Å². The first kappa shape index (κ1) is 30.2. The molecule has 2 fully saturated rings. The maximum atomic E-state index is 13.0. The first-order chi connectivity index (χ1) is 20.5. The quantitative estimate of drug-likeness (QED) is 0.186. The smallest absolute Gasteiger partial charge is 0.409 e. The Morgan fingerprint density at radius 3 is 2.33 bits per heavy atom. The number of likely N-dealkylation sites (tertiary alicyclic amines) is 1. The van der Waals surface area contributed by atoms with E-state index >= 15 is 0 Å². The number of rotatable bonds is 14. The van der Waals surface area contributed by atoms with E-state index in [0.29, 0.717) is 19.7 Å². The average Bonchev–Trinajstić information content (AvgIpc) is 3.79. The number of ether oxygens (including phenoxy) is 3. The molecule has 0 bridgehead atoms. The highest BCUT2D eigenvalue weighted by atomic mass is 17.1. The minimum absolute atomic E-state index is 0.0370. The molecule has 1 aliphatic heterocycles. The molecule has 1 saturated heterocycles. The van der Waals surface area contributed by atoms with E-state index in [4.69, 9.17) is 24.6 Å². The summed E-state index contributed by atoms with van der Waals surface area (Å²) in [4.78, 5) is 19.1. The third kappa shape index (κ3) is 8.61. The molecule has 9 nitrogen and oxygen atoms in total. The zero-order valence-electron chi connectivity index (χ0n) is 23.8. The molecule has 1 unspecified atom stereocenters. The van der Waals surface area contributed by atoms with Crippen LogP contribution in [0.1, 0.15) is 36.3 Å². The first-order valence-corrected chi connectivity index (χ1v) is 14.6. The lowest BCUT2D eigenvalue weighted by molar-refractivity contribution is -0.493. The standard InChI is InChI=1S/C33H40N2O7/c36-32(40-20-18-39-19-21-42-35(37)38)34-17-14-30(29-13-7-12-28(22-29)27-10-5-2-6-11-27)31(24-34)41-25-33(15-16-33)23-26-8-3-1-4-9-26/h1-13,22,30-31,37-38H,14-21,23-25H2/t30-,31?/m1/s1. The number of piperidine rings is 1. The number of amides is 1. The van der Waals surface area contributed by atoms with Gasteiger partial charge in [-0.15, -0.1) is 0 Å². The summed E-state index contributed by atoms with van der Waals surface area (Å²) in [5.74, 6) is 0.159. The van der Waals surface area contributed by atoms with E-state index in [-0.39, 0.29) is 55.3 Å². The molecule has 1 heterocycles. The Kier molecular flexibility index (Phi) is 10.6. The highest BCUT2D eigenvalue weighted by molar-refractivity contribution is 5.68. The van der Waals surface area contributed by atoms with Gasteiger partial charge in [0, 0.05) is 12.5 Å². The Balaban J connectivity index is 1.22. The summed E-state index contributed by atoms with van der Waals surface area (Å²) >= 11 is 0. The van der Waals surface area contributed by atoms with Gasteiger partial charge in [-0.2, -0.15) is 0 Å². The van der Waals surface area contributed by atoms with E-state index in [1.54, 1.807) is 4.90 Å². The predicted molar refractivity (Wildman–Crippen MR) is 156 cm³/mol. The van der Waals surface area contributed by atoms with E-state index in [0.717, 1.165) is 25.7 Å². The van der Waals surface area contributed by atoms with Crippen LogP contribution in [0.5, 0.6) is 0 Å². The summed E-state index contributed by atoms with van der Waals surface area (Å²) in [5.41, 5.74) is 5.06. The molecule has 0 radical (unpaired) electrons. The van der Waals surface area contributed by atoms with Crippen molar-refractivity contribution in [3.8, 4) is 11.1 Å². The molecule has 1 saturated carbocycles. The van der Waals surface area contributed by atoms with Gasteiger partial charge in [0.2, 0.25) is 0 Å².